The van der Waals surface area contributed by atoms with E-state index in [1.165, 1.54) is 0 Å². The van der Waals surface area contributed by atoms with Crippen LogP contribution in [-0.2, 0) is 4.79 Å². The largest absolute Gasteiger partial charge is 0.397 e. The Morgan fingerprint density at radius 1 is 1.56 bits per heavy atom. The molecular weight excluding hydrogens is 204 g/mol. The van der Waals surface area contributed by atoms with E-state index in [4.69, 9.17) is 5.73 Å². The van der Waals surface area contributed by atoms with Crippen LogP contribution in [0.2, 0.25) is 0 Å². The number of anilines is 2. The predicted octanol–water partition coefficient (Wildman–Crippen LogP) is 0.910. The third kappa shape index (κ3) is 3.76. The smallest absolute Gasteiger partial charge is 0.221 e. The molecule has 88 valence electrons. The Hall–Kier alpha value is -1.78. The molecule has 0 fully saturated rings. The molecule has 0 aromatic carbocycles. The maximum absolute atomic E-state index is 11.2. The van der Waals surface area contributed by atoms with Crippen molar-refractivity contribution >= 4 is 17.4 Å². The molecule has 1 rings (SSSR count). The third-order valence-corrected chi connectivity index (χ3v) is 2.12. The van der Waals surface area contributed by atoms with Gasteiger partial charge in [0.1, 0.15) is 5.82 Å². The number of hydrogen-bond acceptors (Lipinski definition) is 4. The van der Waals surface area contributed by atoms with Gasteiger partial charge < -0.3 is 16.4 Å². The maximum atomic E-state index is 11.2. The van der Waals surface area contributed by atoms with Gasteiger partial charge in [-0.2, -0.15) is 0 Å². The molecule has 0 atom stereocenters. The summed E-state index contributed by atoms with van der Waals surface area (Å²) in [5, 5.41) is 5.84. The first-order valence-corrected chi connectivity index (χ1v) is 5.36. The molecule has 5 nitrogen and oxygen atoms in total. The van der Waals surface area contributed by atoms with Crippen molar-refractivity contribution in [1.82, 2.24) is 10.3 Å². The molecule has 1 aromatic rings. The molecule has 0 aliphatic carbocycles. The summed E-state index contributed by atoms with van der Waals surface area (Å²) in [6.07, 6.45) is 2.04. The predicted molar refractivity (Wildman–Crippen MR) is 65.2 cm³/mol. The van der Waals surface area contributed by atoms with E-state index >= 15 is 0 Å². The van der Waals surface area contributed by atoms with Gasteiger partial charge in [0.15, 0.2) is 0 Å². The summed E-state index contributed by atoms with van der Waals surface area (Å²) in [6.45, 7) is 5.07. The zero-order valence-corrected chi connectivity index (χ0v) is 9.71. The quantitative estimate of drug-likeness (QED) is 0.691. The van der Waals surface area contributed by atoms with Gasteiger partial charge in [0, 0.05) is 19.5 Å². The molecule has 0 saturated carbocycles. The molecule has 0 bridgehead atoms. The molecule has 1 aromatic heterocycles. The van der Waals surface area contributed by atoms with Crippen LogP contribution in [0.1, 0.15) is 18.9 Å². The Labute approximate surface area is 95.4 Å². The second-order valence-corrected chi connectivity index (χ2v) is 3.56. The third-order valence-electron chi connectivity index (χ3n) is 2.12. The minimum atomic E-state index is 0.0445. The van der Waals surface area contributed by atoms with Gasteiger partial charge in [-0.3, -0.25) is 4.79 Å². The average Bonchev–Trinajstić information content (AvgIpc) is 2.22. The molecule has 0 unspecified atom stereocenters. The zero-order chi connectivity index (χ0) is 12.0. The fourth-order valence-electron chi connectivity index (χ4n) is 1.36. The van der Waals surface area contributed by atoms with Crippen LogP contribution in [0.5, 0.6) is 0 Å². The van der Waals surface area contributed by atoms with E-state index in [-0.39, 0.29) is 5.91 Å². The van der Waals surface area contributed by atoms with E-state index in [0.29, 0.717) is 25.2 Å². The van der Waals surface area contributed by atoms with Gasteiger partial charge in [-0.15, -0.1) is 0 Å². The number of nitrogens with two attached hydrogens (primary N) is 1. The van der Waals surface area contributed by atoms with E-state index in [9.17, 15) is 4.79 Å². The monoisotopic (exact) mass is 222 g/mol. The van der Waals surface area contributed by atoms with Crippen molar-refractivity contribution in [3.05, 3.63) is 17.8 Å². The highest BCUT2D eigenvalue weighted by atomic mass is 16.1. The Kier molecular flexibility index (Phi) is 4.57. The molecule has 0 radical (unpaired) electrons. The SMILES string of the molecule is CCNC(=O)CCNc1ncc(N)cc1C. The molecule has 4 N–H and O–H groups in total. The first-order valence-electron chi connectivity index (χ1n) is 5.36. The number of amides is 1. The van der Waals surface area contributed by atoms with Gasteiger partial charge in [0.2, 0.25) is 5.91 Å². The van der Waals surface area contributed by atoms with E-state index in [1.807, 2.05) is 19.9 Å². The van der Waals surface area contributed by atoms with Crippen molar-refractivity contribution in [3.8, 4) is 0 Å². The number of pyridine rings is 1. The minimum absolute atomic E-state index is 0.0445. The highest BCUT2D eigenvalue weighted by Gasteiger charge is 2.02. The lowest BCUT2D eigenvalue weighted by atomic mass is 10.2. The van der Waals surface area contributed by atoms with E-state index < -0.39 is 0 Å². The van der Waals surface area contributed by atoms with Gasteiger partial charge in [-0.05, 0) is 25.5 Å². The molecule has 1 amide bonds. The maximum Gasteiger partial charge on any atom is 0.221 e. The van der Waals surface area contributed by atoms with Crippen LogP contribution >= 0.6 is 0 Å². The number of nitrogens with zero attached hydrogens (tertiary/aromatic N) is 1. The van der Waals surface area contributed by atoms with Crippen LogP contribution in [-0.4, -0.2) is 24.0 Å². The summed E-state index contributed by atoms with van der Waals surface area (Å²) in [6, 6.07) is 1.85. The molecule has 0 aliphatic heterocycles. The lowest BCUT2D eigenvalue weighted by Gasteiger charge is -2.08. The van der Waals surface area contributed by atoms with Crippen molar-refractivity contribution in [1.29, 1.82) is 0 Å². The standard InChI is InChI=1S/C11H18N4O/c1-3-13-10(16)4-5-14-11-8(2)6-9(12)7-15-11/h6-7H,3-5,12H2,1-2H3,(H,13,16)(H,14,15). The van der Waals surface area contributed by atoms with Crippen LogP contribution in [0.3, 0.4) is 0 Å². The van der Waals surface area contributed by atoms with Crippen LogP contribution < -0.4 is 16.4 Å². The lowest BCUT2D eigenvalue weighted by Crippen LogP contribution is -2.24. The van der Waals surface area contributed by atoms with Crippen LogP contribution in [0.25, 0.3) is 0 Å². The van der Waals surface area contributed by atoms with Crippen molar-refractivity contribution in [3.63, 3.8) is 0 Å². The van der Waals surface area contributed by atoms with Crippen molar-refractivity contribution in [2.75, 3.05) is 24.1 Å². The number of nitrogen functional groups attached to an aromatic ring is 1. The Morgan fingerprint density at radius 3 is 2.94 bits per heavy atom. The van der Waals surface area contributed by atoms with Gasteiger partial charge >= 0.3 is 0 Å². The summed E-state index contributed by atoms with van der Waals surface area (Å²) in [5.74, 6) is 0.821. The van der Waals surface area contributed by atoms with Crippen molar-refractivity contribution in [2.24, 2.45) is 0 Å². The fourth-order valence-corrected chi connectivity index (χ4v) is 1.36. The number of aryl methyl sites for hydroxylation is 1. The summed E-state index contributed by atoms with van der Waals surface area (Å²) < 4.78 is 0. The summed E-state index contributed by atoms with van der Waals surface area (Å²) in [4.78, 5) is 15.3. The van der Waals surface area contributed by atoms with E-state index in [2.05, 4.69) is 15.6 Å². The van der Waals surface area contributed by atoms with Crippen molar-refractivity contribution < 1.29 is 4.79 Å². The van der Waals surface area contributed by atoms with Crippen LogP contribution in [0.4, 0.5) is 11.5 Å². The van der Waals surface area contributed by atoms with E-state index in [1.54, 1.807) is 6.20 Å². The van der Waals surface area contributed by atoms with Gasteiger partial charge in [-0.25, -0.2) is 4.98 Å². The van der Waals surface area contributed by atoms with Gasteiger partial charge in [-0.1, -0.05) is 0 Å². The van der Waals surface area contributed by atoms with Crippen LogP contribution in [0.15, 0.2) is 12.3 Å². The number of rotatable bonds is 5. The highest BCUT2D eigenvalue weighted by molar-refractivity contribution is 5.76. The molecule has 0 spiro atoms. The van der Waals surface area contributed by atoms with E-state index in [0.717, 1.165) is 11.4 Å². The summed E-state index contributed by atoms with van der Waals surface area (Å²) >= 11 is 0. The van der Waals surface area contributed by atoms with Gasteiger partial charge in [0.25, 0.3) is 0 Å². The molecule has 1 heterocycles. The molecule has 5 heteroatoms. The topological polar surface area (TPSA) is 80.0 Å². The number of nitrogens with one attached hydrogen (secondary N) is 2. The highest BCUT2D eigenvalue weighted by Crippen LogP contribution is 2.13. The average molecular weight is 222 g/mol. The molecule has 0 saturated heterocycles. The van der Waals surface area contributed by atoms with Gasteiger partial charge in [0.05, 0.1) is 11.9 Å². The molecular formula is C11H18N4O. The lowest BCUT2D eigenvalue weighted by molar-refractivity contribution is -0.120. The first kappa shape index (κ1) is 12.3. The first-order chi connectivity index (χ1) is 7.63. The second-order valence-electron chi connectivity index (χ2n) is 3.56. The van der Waals surface area contributed by atoms with Crippen LogP contribution in [0, 0.1) is 6.92 Å². The number of carbonyl (C=O) groups excluding carboxylic acids is 1. The number of hydrogen-bond donors (Lipinski definition) is 3. The number of aromatic nitrogens is 1. The second kappa shape index (κ2) is 5.95. The minimum Gasteiger partial charge on any atom is -0.397 e. The van der Waals surface area contributed by atoms with Crippen molar-refractivity contribution in [2.45, 2.75) is 20.3 Å². The molecule has 0 aliphatic rings. The summed E-state index contributed by atoms with van der Waals surface area (Å²) in [7, 11) is 0. The number of carbonyl (C=O) groups is 1. The molecule has 16 heavy (non-hydrogen) atoms. The normalized spacial score (nSPS) is 9.88. The zero-order valence-electron chi connectivity index (χ0n) is 9.71. The Morgan fingerprint density at radius 2 is 2.31 bits per heavy atom. The summed E-state index contributed by atoms with van der Waals surface area (Å²) in [5.41, 5.74) is 7.22. The Bertz CT molecular complexity index is 365. The Balaban J connectivity index is 2.40. The fraction of sp³-hybridized carbons (Fsp3) is 0.455.